The quantitative estimate of drug-likeness (QED) is 0.371. The van der Waals surface area contributed by atoms with Gasteiger partial charge in [-0.1, -0.05) is 0 Å². The van der Waals surface area contributed by atoms with Gasteiger partial charge in [-0.05, 0) is 0 Å². The maximum absolute atomic E-state index is 10.9. The van der Waals surface area contributed by atoms with Gasteiger partial charge in [-0.3, -0.25) is 25.3 Å². The molecule has 0 atom stereocenters. The van der Waals surface area contributed by atoms with Crippen LogP contribution < -0.4 is 28.1 Å². The van der Waals surface area contributed by atoms with E-state index < -0.39 is 22.8 Å². The van der Waals surface area contributed by atoms with E-state index in [0.717, 1.165) is 0 Å². The fourth-order valence-corrected chi connectivity index (χ4v) is 1.02. The second kappa shape index (κ2) is 3.88. The monoisotopic (exact) mass is 239 g/mol. The Kier molecular flexibility index (Phi) is 2.40. The molecule has 2 aromatic heterocycles. The molecule has 0 saturated carbocycles. The molecule has 0 aromatic carbocycles. The number of aromatic amines is 4. The highest BCUT2D eigenvalue weighted by atomic mass is 16.2. The van der Waals surface area contributed by atoms with E-state index >= 15 is 0 Å². The molecule has 0 spiro atoms. The molecular weight excluding hydrogens is 234 g/mol. The van der Waals surface area contributed by atoms with E-state index in [0.29, 0.717) is 0 Å². The van der Waals surface area contributed by atoms with E-state index in [4.69, 9.17) is 0 Å². The van der Waals surface area contributed by atoms with Crippen molar-refractivity contribution < 1.29 is 0 Å². The highest BCUT2D eigenvalue weighted by molar-refractivity contribution is 5.39. The summed E-state index contributed by atoms with van der Waals surface area (Å²) in [4.78, 5) is 58.1. The number of hydrogen-bond donors (Lipinski definition) is 5. The predicted octanol–water partition coefficient (Wildman–Crippen LogP) is -3.03. The molecule has 0 saturated heterocycles. The summed E-state index contributed by atoms with van der Waals surface area (Å²) in [5.41, 5.74) is -3.36. The molecule has 0 amide bonds. The summed E-state index contributed by atoms with van der Waals surface area (Å²) in [6.45, 7) is 0. The number of H-pyrrole nitrogens is 4. The molecule has 0 unspecified atom stereocenters. The molecule has 2 aromatic rings. The van der Waals surface area contributed by atoms with E-state index in [1.807, 2.05) is 9.97 Å². The van der Waals surface area contributed by atoms with E-state index in [-0.39, 0.29) is 11.9 Å². The maximum Gasteiger partial charge on any atom is 0.352 e. The second-order valence-electron chi connectivity index (χ2n) is 2.81. The third-order valence-corrected chi connectivity index (χ3v) is 1.57. The van der Waals surface area contributed by atoms with Gasteiger partial charge in [0.2, 0.25) is 11.9 Å². The molecule has 2 heterocycles. The lowest BCUT2D eigenvalue weighted by Gasteiger charge is -2.00. The van der Waals surface area contributed by atoms with Crippen LogP contribution >= 0.6 is 0 Å². The van der Waals surface area contributed by atoms with Gasteiger partial charge < -0.3 is 0 Å². The van der Waals surface area contributed by atoms with Crippen LogP contribution in [0.3, 0.4) is 0 Å². The molecule has 0 radical (unpaired) electrons. The molecule has 88 valence electrons. The minimum atomic E-state index is -0.886. The predicted molar refractivity (Wildman–Crippen MR) is 54.2 cm³/mol. The zero-order valence-electron chi connectivity index (χ0n) is 8.03. The van der Waals surface area contributed by atoms with Crippen LogP contribution in [-0.2, 0) is 0 Å². The third kappa shape index (κ3) is 2.53. The smallest absolute Gasteiger partial charge is 0.295 e. The minimum absolute atomic E-state index is 0.257. The van der Waals surface area contributed by atoms with Crippen molar-refractivity contribution in [3.8, 4) is 0 Å². The largest absolute Gasteiger partial charge is 0.352 e. The zero-order chi connectivity index (χ0) is 12.4. The summed E-state index contributed by atoms with van der Waals surface area (Å²) in [5.74, 6) is -0.514. The first-order valence-corrected chi connectivity index (χ1v) is 4.21. The lowest BCUT2D eigenvalue weighted by molar-refractivity contribution is 0.911. The second-order valence-corrected chi connectivity index (χ2v) is 2.81. The van der Waals surface area contributed by atoms with Crippen molar-refractivity contribution in [2.75, 3.05) is 5.32 Å². The van der Waals surface area contributed by atoms with Gasteiger partial charge in [0.05, 0.1) is 0 Å². The first-order chi connectivity index (χ1) is 8.02. The number of rotatable bonds is 2. The van der Waals surface area contributed by atoms with E-state index in [1.165, 1.54) is 0 Å². The number of anilines is 2. The Morgan fingerprint density at radius 1 is 0.706 bits per heavy atom. The average molecular weight is 239 g/mol. The number of nitrogens with one attached hydrogen (secondary N) is 5. The van der Waals surface area contributed by atoms with Gasteiger partial charge in [0.15, 0.2) is 0 Å². The Hall–Kier alpha value is -2.98. The number of hydrogen-bond acceptors (Lipinski definition) is 7. The van der Waals surface area contributed by atoms with Crippen LogP contribution in [-0.4, -0.2) is 29.9 Å². The summed E-state index contributed by atoms with van der Waals surface area (Å²) in [7, 11) is 0. The van der Waals surface area contributed by atoms with Gasteiger partial charge >= 0.3 is 22.8 Å². The Morgan fingerprint density at radius 2 is 1.12 bits per heavy atom. The molecular formula is C6H5N7O4. The van der Waals surface area contributed by atoms with Gasteiger partial charge in [0.25, 0.3) is 0 Å². The first-order valence-electron chi connectivity index (χ1n) is 4.21. The molecule has 0 aliphatic heterocycles. The van der Waals surface area contributed by atoms with Gasteiger partial charge in [-0.2, -0.15) is 9.97 Å². The molecule has 0 aliphatic rings. The van der Waals surface area contributed by atoms with Crippen LogP contribution in [0.2, 0.25) is 0 Å². The van der Waals surface area contributed by atoms with Gasteiger partial charge in [0.1, 0.15) is 0 Å². The Bertz CT molecular complexity index is 643. The standard InChI is InChI=1S/C6H5N7O4/c14-3-8-1(9-4(15)12-3)7-2-10-5(16)13-6(17)11-2/h(H5,7,8,9,10,11,12,13,14,15,16,17). The van der Waals surface area contributed by atoms with E-state index in [2.05, 4.69) is 25.3 Å². The number of aromatic nitrogens is 6. The van der Waals surface area contributed by atoms with Crippen molar-refractivity contribution in [1.82, 2.24) is 29.9 Å². The summed E-state index contributed by atoms with van der Waals surface area (Å²) < 4.78 is 0. The van der Waals surface area contributed by atoms with Crippen LogP contribution in [0.5, 0.6) is 0 Å². The van der Waals surface area contributed by atoms with Crippen molar-refractivity contribution in [3.63, 3.8) is 0 Å². The Balaban J connectivity index is 2.44. The van der Waals surface area contributed by atoms with E-state index in [9.17, 15) is 19.2 Å². The normalized spacial score (nSPS) is 10.1. The van der Waals surface area contributed by atoms with Crippen molar-refractivity contribution in [3.05, 3.63) is 41.9 Å². The summed E-state index contributed by atoms with van der Waals surface area (Å²) in [6.07, 6.45) is 0. The minimum Gasteiger partial charge on any atom is -0.295 e. The Morgan fingerprint density at radius 3 is 1.47 bits per heavy atom. The zero-order valence-corrected chi connectivity index (χ0v) is 8.03. The summed E-state index contributed by atoms with van der Waals surface area (Å²) in [5, 5.41) is 2.29. The molecule has 5 N–H and O–H groups in total. The fourth-order valence-electron chi connectivity index (χ4n) is 1.02. The van der Waals surface area contributed by atoms with E-state index in [1.54, 1.807) is 0 Å². The van der Waals surface area contributed by atoms with Crippen molar-refractivity contribution >= 4 is 11.9 Å². The van der Waals surface area contributed by atoms with Gasteiger partial charge in [-0.25, -0.2) is 19.2 Å². The van der Waals surface area contributed by atoms with Crippen molar-refractivity contribution in [1.29, 1.82) is 0 Å². The molecule has 11 nitrogen and oxygen atoms in total. The van der Waals surface area contributed by atoms with Gasteiger partial charge in [0, 0.05) is 0 Å². The lowest BCUT2D eigenvalue weighted by Crippen LogP contribution is -2.29. The average Bonchev–Trinajstić information content (AvgIpc) is 2.13. The molecule has 0 bridgehead atoms. The van der Waals surface area contributed by atoms with Crippen molar-refractivity contribution in [2.45, 2.75) is 0 Å². The maximum atomic E-state index is 10.9. The van der Waals surface area contributed by atoms with Crippen LogP contribution in [0.25, 0.3) is 0 Å². The highest BCUT2D eigenvalue weighted by Gasteiger charge is 2.02. The van der Waals surface area contributed by atoms with Crippen LogP contribution in [0.1, 0.15) is 0 Å². The first kappa shape index (κ1) is 10.5. The fraction of sp³-hybridized carbons (Fsp3) is 0. The molecule has 0 fully saturated rings. The molecule has 17 heavy (non-hydrogen) atoms. The SMILES string of the molecule is O=c1nc(Nc2nc(=O)[nH]c(=O)[nH]2)[nH]c(=O)[nH]1. The molecule has 2 rings (SSSR count). The van der Waals surface area contributed by atoms with Crippen LogP contribution in [0, 0.1) is 0 Å². The summed E-state index contributed by atoms with van der Waals surface area (Å²) >= 11 is 0. The van der Waals surface area contributed by atoms with Crippen LogP contribution in [0.4, 0.5) is 11.9 Å². The summed E-state index contributed by atoms with van der Waals surface area (Å²) in [6, 6.07) is 0. The number of nitrogens with zero attached hydrogens (tertiary/aromatic N) is 2. The third-order valence-electron chi connectivity index (χ3n) is 1.57. The molecule has 0 aliphatic carbocycles. The van der Waals surface area contributed by atoms with Gasteiger partial charge in [-0.15, -0.1) is 0 Å². The molecule has 11 heteroatoms. The Labute approximate surface area is 90.0 Å². The topological polar surface area (TPSA) is 169 Å². The van der Waals surface area contributed by atoms with Crippen LogP contribution in [0.15, 0.2) is 19.2 Å². The van der Waals surface area contributed by atoms with Crippen molar-refractivity contribution in [2.24, 2.45) is 0 Å². The lowest BCUT2D eigenvalue weighted by atomic mass is 10.8. The highest BCUT2D eigenvalue weighted by Crippen LogP contribution is 1.96.